The topological polar surface area (TPSA) is 28.2 Å². The van der Waals surface area contributed by atoms with Gasteiger partial charge in [-0.25, -0.2) is 0 Å². The fourth-order valence-corrected chi connectivity index (χ4v) is 2.88. The van der Waals surface area contributed by atoms with Crippen LogP contribution in [0.3, 0.4) is 0 Å². The quantitative estimate of drug-likeness (QED) is 0.791. The zero-order chi connectivity index (χ0) is 10.1. The number of benzene rings is 1. The Balaban J connectivity index is 2.02. The summed E-state index contributed by atoms with van der Waals surface area (Å²) in [7, 11) is 0. The largest absolute Gasteiger partial charge is 0.359 e. The van der Waals surface area contributed by atoms with Gasteiger partial charge in [-0.1, -0.05) is 12.1 Å². The minimum Gasteiger partial charge on any atom is -0.359 e. The van der Waals surface area contributed by atoms with Gasteiger partial charge >= 0.3 is 0 Å². The summed E-state index contributed by atoms with van der Waals surface area (Å²) in [5.74, 6) is 0. The van der Waals surface area contributed by atoms with Crippen molar-refractivity contribution in [2.75, 3.05) is 31.1 Å². The molecular weight excluding hydrogens is 206 g/mol. The first-order chi connectivity index (χ1) is 7.45. The van der Waals surface area contributed by atoms with Gasteiger partial charge in [-0.3, -0.25) is 0 Å². The monoisotopic (exact) mass is 219 g/mol. The molecule has 0 atom stereocenters. The third-order valence-corrected chi connectivity index (χ3v) is 3.71. The van der Waals surface area contributed by atoms with Gasteiger partial charge in [-0.05, 0) is 23.7 Å². The predicted octanol–water partition coefficient (Wildman–Crippen LogP) is 1.71. The van der Waals surface area contributed by atoms with Crippen LogP contribution in [0.25, 0.3) is 10.9 Å². The highest BCUT2D eigenvalue weighted by Crippen LogP contribution is 2.30. The minimum atomic E-state index is 1.08. The summed E-state index contributed by atoms with van der Waals surface area (Å²) in [5.41, 5.74) is 1.12. The van der Waals surface area contributed by atoms with Crippen molar-refractivity contribution in [1.29, 1.82) is 0 Å². The molecule has 4 heteroatoms. The molecule has 2 heterocycles. The van der Waals surface area contributed by atoms with Gasteiger partial charge in [0.05, 0.1) is 5.52 Å². The van der Waals surface area contributed by atoms with Crippen LogP contribution in [0, 0.1) is 0 Å². The van der Waals surface area contributed by atoms with E-state index in [0.717, 1.165) is 31.7 Å². The van der Waals surface area contributed by atoms with Crippen molar-refractivity contribution in [1.82, 2.24) is 9.69 Å². The second-order valence-electron chi connectivity index (χ2n) is 3.74. The normalized spacial score (nSPS) is 17.2. The molecule has 0 amide bonds. The lowest BCUT2D eigenvalue weighted by Gasteiger charge is -2.27. The van der Waals surface area contributed by atoms with Crippen molar-refractivity contribution >= 4 is 27.4 Å². The van der Waals surface area contributed by atoms with E-state index in [2.05, 4.69) is 32.8 Å². The van der Waals surface area contributed by atoms with E-state index in [1.54, 1.807) is 11.5 Å². The standard InChI is InChI=1S/C11H13N3S/c1-2-4-10-9(3-1)11(15-13-10)14-7-5-12-6-8-14/h1-4,12H,5-8H2. The first kappa shape index (κ1) is 9.12. The van der Waals surface area contributed by atoms with E-state index in [0.29, 0.717) is 0 Å². The molecule has 78 valence electrons. The molecule has 0 unspecified atom stereocenters. The minimum absolute atomic E-state index is 1.08. The van der Waals surface area contributed by atoms with Crippen LogP contribution in [0.5, 0.6) is 0 Å². The SMILES string of the molecule is c1ccc2c(N3CCNCC3)snc2c1. The molecule has 1 aliphatic heterocycles. The summed E-state index contributed by atoms with van der Waals surface area (Å²) in [4.78, 5) is 2.43. The average molecular weight is 219 g/mol. The number of nitrogens with zero attached hydrogens (tertiary/aromatic N) is 2. The third kappa shape index (κ3) is 1.60. The van der Waals surface area contributed by atoms with Crippen LogP contribution in [0.4, 0.5) is 5.00 Å². The van der Waals surface area contributed by atoms with Crippen molar-refractivity contribution in [2.45, 2.75) is 0 Å². The number of rotatable bonds is 1. The summed E-state index contributed by atoms with van der Waals surface area (Å²) in [6.45, 7) is 4.33. The molecule has 2 aromatic rings. The molecule has 1 fully saturated rings. The van der Waals surface area contributed by atoms with E-state index in [-0.39, 0.29) is 0 Å². The van der Waals surface area contributed by atoms with E-state index in [4.69, 9.17) is 0 Å². The Kier molecular flexibility index (Phi) is 2.31. The Morgan fingerprint density at radius 1 is 1.20 bits per heavy atom. The van der Waals surface area contributed by atoms with Crippen LogP contribution in [0.1, 0.15) is 0 Å². The van der Waals surface area contributed by atoms with E-state index in [1.165, 1.54) is 10.4 Å². The molecule has 3 rings (SSSR count). The first-order valence-corrected chi connectivity index (χ1v) is 6.02. The zero-order valence-electron chi connectivity index (χ0n) is 8.44. The van der Waals surface area contributed by atoms with Crippen LogP contribution in [0.2, 0.25) is 0 Å². The van der Waals surface area contributed by atoms with Crippen molar-refractivity contribution < 1.29 is 0 Å². The molecule has 3 nitrogen and oxygen atoms in total. The van der Waals surface area contributed by atoms with Crippen molar-refractivity contribution in [2.24, 2.45) is 0 Å². The molecule has 0 spiro atoms. The van der Waals surface area contributed by atoms with Crippen LogP contribution in [-0.2, 0) is 0 Å². The molecule has 1 aromatic heterocycles. The number of anilines is 1. The van der Waals surface area contributed by atoms with Crippen LogP contribution < -0.4 is 10.2 Å². The van der Waals surface area contributed by atoms with Crippen molar-refractivity contribution in [3.05, 3.63) is 24.3 Å². The Morgan fingerprint density at radius 3 is 2.87 bits per heavy atom. The number of fused-ring (bicyclic) bond motifs is 1. The fourth-order valence-electron chi connectivity index (χ4n) is 1.97. The summed E-state index contributed by atoms with van der Waals surface area (Å²) < 4.78 is 4.47. The number of piperazine rings is 1. The number of hydrogen-bond acceptors (Lipinski definition) is 4. The Hall–Kier alpha value is -1.13. The summed E-state index contributed by atoms with van der Waals surface area (Å²) >= 11 is 1.62. The number of aromatic nitrogens is 1. The number of hydrogen-bond donors (Lipinski definition) is 1. The molecule has 1 aliphatic rings. The lowest BCUT2D eigenvalue weighted by atomic mass is 10.2. The Bertz CT molecular complexity index is 460. The maximum Gasteiger partial charge on any atom is 0.120 e. The maximum atomic E-state index is 4.47. The molecule has 0 bridgehead atoms. The van der Waals surface area contributed by atoms with E-state index in [1.807, 2.05) is 6.07 Å². The summed E-state index contributed by atoms with van der Waals surface area (Å²) in [6.07, 6.45) is 0. The predicted molar refractivity (Wildman–Crippen MR) is 64.7 cm³/mol. The Labute approximate surface area is 92.9 Å². The fraction of sp³-hybridized carbons (Fsp3) is 0.364. The first-order valence-electron chi connectivity index (χ1n) is 5.25. The van der Waals surface area contributed by atoms with E-state index < -0.39 is 0 Å². The van der Waals surface area contributed by atoms with Gasteiger partial charge in [-0.2, -0.15) is 4.37 Å². The molecular formula is C11H13N3S. The maximum absolute atomic E-state index is 4.47. The van der Waals surface area contributed by atoms with Crippen LogP contribution in [0.15, 0.2) is 24.3 Å². The van der Waals surface area contributed by atoms with E-state index in [9.17, 15) is 0 Å². The third-order valence-electron chi connectivity index (χ3n) is 2.77. The summed E-state index contributed by atoms with van der Waals surface area (Å²) in [5, 5.41) is 5.99. The molecule has 1 N–H and O–H groups in total. The summed E-state index contributed by atoms with van der Waals surface area (Å²) in [6, 6.07) is 8.37. The van der Waals surface area contributed by atoms with Crippen molar-refractivity contribution in [3.63, 3.8) is 0 Å². The van der Waals surface area contributed by atoms with Crippen LogP contribution in [-0.4, -0.2) is 30.6 Å². The van der Waals surface area contributed by atoms with Gasteiger partial charge in [0, 0.05) is 31.6 Å². The van der Waals surface area contributed by atoms with Gasteiger partial charge in [0.1, 0.15) is 5.00 Å². The smallest absolute Gasteiger partial charge is 0.120 e. The molecule has 0 radical (unpaired) electrons. The second-order valence-corrected chi connectivity index (χ2v) is 4.49. The second kappa shape index (κ2) is 3.79. The molecule has 0 aliphatic carbocycles. The highest BCUT2D eigenvalue weighted by molar-refractivity contribution is 7.11. The van der Waals surface area contributed by atoms with Gasteiger partial charge < -0.3 is 10.2 Å². The van der Waals surface area contributed by atoms with Crippen molar-refractivity contribution in [3.8, 4) is 0 Å². The lowest BCUT2D eigenvalue weighted by molar-refractivity contribution is 0.593. The van der Waals surface area contributed by atoms with Gasteiger partial charge in [-0.15, -0.1) is 0 Å². The lowest BCUT2D eigenvalue weighted by Crippen LogP contribution is -2.43. The zero-order valence-corrected chi connectivity index (χ0v) is 9.26. The Morgan fingerprint density at radius 2 is 2.00 bits per heavy atom. The highest BCUT2D eigenvalue weighted by atomic mass is 32.1. The van der Waals surface area contributed by atoms with E-state index >= 15 is 0 Å². The molecule has 1 aromatic carbocycles. The van der Waals surface area contributed by atoms with Crippen LogP contribution >= 0.6 is 11.5 Å². The average Bonchev–Trinajstić information content (AvgIpc) is 2.74. The molecule has 15 heavy (non-hydrogen) atoms. The highest BCUT2D eigenvalue weighted by Gasteiger charge is 2.15. The van der Waals surface area contributed by atoms with Gasteiger partial charge in [0.15, 0.2) is 0 Å². The van der Waals surface area contributed by atoms with Gasteiger partial charge in [0.2, 0.25) is 0 Å². The van der Waals surface area contributed by atoms with Gasteiger partial charge in [0.25, 0.3) is 0 Å². The molecule has 0 saturated carbocycles. The number of nitrogens with one attached hydrogen (secondary N) is 1. The molecule has 1 saturated heterocycles.